The summed E-state index contributed by atoms with van der Waals surface area (Å²) < 4.78 is 4.66. The first-order valence-corrected chi connectivity index (χ1v) is 2.32. The summed E-state index contributed by atoms with van der Waals surface area (Å²) in [4.78, 5) is 9.93. The maximum Gasteiger partial charge on any atom is 0.370 e. The number of hydrogen-bond acceptors (Lipinski definition) is 2. The molecule has 0 saturated heterocycles. The molecule has 1 unspecified atom stereocenters. The Morgan fingerprint density at radius 3 is 2.62 bits per heavy atom. The second kappa shape index (κ2) is 1.51. The topological polar surface area (TPSA) is 46.5 Å². The Balaban J connectivity index is 2.54. The molecular formula is C5H6O3. The second-order valence-electron chi connectivity index (χ2n) is 1.66. The van der Waals surface area contributed by atoms with Gasteiger partial charge in [0.05, 0.1) is 0 Å². The Bertz CT molecular complexity index is 148. The van der Waals surface area contributed by atoms with Crippen molar-refractivity contribution in [1.82, 2.24) is 0 Å². The minimum Gasteiger partial charge on any atom is -0.479 e. The van der Waals surface area contributed by atoms with Crippen molar-refractivity contribution < 1.29 is 14.6 Å². The molecular weight excluding hydrogens is 108 g/mol. The molecule has 0 aromatic heterocycles. The average molecular weight is 114 g/mol. The number of aliphatic carboxylic acids is 1. The van der Waals surface area contributed by atoms with Gasteiger partial charge in [0.25, 0.3) is 0 Å². The standard InChI is InChI=1S/C5H6O3/c1-3-2-4(8-3)5(6)7/h2-3H,1H3,(H,6,7). The molecule has 44 valence electrons. The first-order valence-electron chi connectivity index (χ1n) is 2.32. The Morgan fingerprint density at radius 1 is 2.00 bits per heavy atom. The summed E-state index contributed by atoms with van der Waals surface area (Å²) in [7, 11) is 0. The molecule has 0 fully saturated rings. The molecule has 1 rings (SSSR count). The predicted octanol–water partition coefficient (Wildman–Crippen LogP) is 0.374. The summed E-state index contributed by atoms with van der Waals surface area (Å²) in [6.45, 7) is 1.78. The van der Waals surface area contributed by atoms with Crippen molar-refractivity contribution in [2.75, 3.05) is 0 Å². The van der Waals surface area contributed by atoms with E-state index in [0.717, 1.165) is 0 Å². The van der Waals surface area contributed by atoms with Gasteiger partial charge in [0.2, 0.25) is 5.76 Å². The zero-order valence-corrected chi connectivity index (χ0v) is 4.42. The lowest BCUT2D eigenvalue weighted by molar-refractivity contribution is -0.139. The molecule has 1 N–H and O–H groups in total. The third-order valence-corrected chi connectivity index (χ3v) is 0.910. The highest BCUT2D eigenvalue weighted by Gasteiger charge is 2.21. The fourth-order valence-corrected chi connectivity index (χ4v) is 0.536. The van der Waals surface area contributed by atoms with Crippen molar-refractivity contribution in [3.63, 3.8) is 0 Å². The Morgan fingerprint density at radius 2 is 2.50 bits per heavy atom. The number of carboxylic acid groups (broad SMARTS) is 1. The van der Waals surface area contributed by atoms with Crippen molar-refractivity contribution >= 4 is 5.97 Å². The van der Waals surface area contributed by atoms with Crippen LogP contribution >= 0.6 is 0 Å². The second-order valence-corrected chi connectivity index (χ2v) is 1.66. The highest BCUT2D eigenvalue weighted by Crippen LogP contribution is 2.15. The van der Waals surface area contributed by atoms with Crippen molar-refractivity contribution in [2.45, 2.75) is 13.0 Å². The van der Waals surface area contributed by atoms with Crippen LogP contribution in [0.3, 0.4) is 0 Å². The zero-order valence-electron chi connectivity index (χ0n) is 4.42. The van der Waals surface area contributed by atoms with Gasteiger partial charge in [-0.1, -0.05) is 0 Å². The number of carboxylic acids is 1. The lowest BCUT2D eigenvalue weighted by Crippen LogP contribution is -2.21. The van der Waals surface area contributed by atoms with Gasteiger partial charge in [-0.15, -0.1) is 0 Å². The quantitative estimate of drug-likeness (QED) is 0.535. The monoisotopic (exact) mass is 114 g/mol. The van der Waals surface area contributed by atoms with Crippen LogP contribution in [0.5, 0.6) is 0 Å². The first kappa shape index (κ1) is 5.15. The van der Waals surface area contributed by atoms with Gasteiger partial charge < -0.3 is 9.84 Å². The number of ether oxygens (including phenoxy) is 1. The molecule has 0 radical (unpaired) electrons. The number of hydrogen-bond donors (Lipinski definition) is 1. The van der Waals surface area contributed by atoms with Crippen LogP contribution in [0.1, 0.15) is 6.92 Å². The molecule has 0 aliphatic carbocycles. The molecule has 8 heavy (non-hydrogen) atoms. The van der Waals surface area contributed by atoms with E-state index in [-0.39, 0.29) is 11.9 Å². The van der Waals surface area contributed by atoms with Crippen LogP contribution in [-0.2, 0) is 9.53 Å². The summed E-state index contributed by atoms with van der Waals surface area (Å²) >= 11 is 0. The minimum atomic E-state index is -0.983. The minimum absolute atomic E-state index is 0.0129. The Labute approximate surface area is 46.6 Å². The lowest BCUT2D eigenvalue weighted by atomic mass is 10.2. The van der Waals surface area contributed by atoms with Crippen molar-refractivity contribution in [3.8, 4) is 0 Å². The number of rotatable bonds is 1. The van der Waals surface area contributed by atoms with E-state index in [1.807, 2.05) is 0 Å². The molecule has 0 aromatic carbocycles. The highest BCUT2D eigenvalue weighted by molar-refractivity contribution is 5.85. The van der Waals surface area contributed by atoms with E-state index in [4.69, 9.17) is 5.11 Å². The molecule has 1 atom stereocenters. The molecule has 0 bridgehead atoms. The molecule has 0 spiro atoms. The van der Waals surface area contributed by atoms with Crippen molar-refractivity contribution in [3.05, 3.63) is 11.8 Å². The molecule has 0 amide bonds. The normalized spacial score (nSPS) is 25.1. The molecule has 0 aromatic rings. The molecule has 0 saturated carbocycles. The fraction of sp³-hybridized carbons (Fsp3) is 0.400. The molecule has 3 heteroatoms. The summed E-state index contributed by atoms with van der Waals surface area (Å²) in [5, 5.41) is 8.16. The lowest BCUT2D eigenvalue weighted by Gasteiger charge is -2.19. The van der Waals surface area contributed by atoms with Crippen LogP contribution in [0, 0.1) is 0 Å². The van der Waals surface area contributed by atoms with E-state index in [1.165, 1.54) is 0 Å². The fourth-order valence-electron chi connectivity index (χ4n) is 0.536. The van der Waals surface area contributed by atoms with Crippen molar-refractivity contribution in [1.29, 1.82) is 0 Å². The summed E-state index contributed by atoms with van der Waals surface area (Å²) in [6, 6.07) is 0. The summed E-state index contributed by atoms with van der Waals surface area (Å²) in [5.41, 5.74) is 0. The van der Waals surface area contributed by atoms with Crippen molar-refractivity contribution in [2.24, 2.45) is 0 Å². The average Bonchev–Trinajstić information content (AvgIpc) is 1.57. The van der Waals surface area contributed by atoms with E-state index in [0.29, 0.717) is 0 Å². The largest absolute Gasteiger partial charge is 0.479 e. The van der Waals surface area contributed by atoms with Gasteiger partial charge in [-0.25, -0.2) is 4.79 Å². The van der Waals surface area contributed by atoms with Crippen LogP contribution in [0.4, 0.5) is 0 Å². The van der Waals surface area contributed by atoms with Gasteiger partial charge in [0, 0.05) is 6.08 Å². The zero-order chi connectivity index (χ0) is 6.15. The van der Waals surface area contributed by atoms with Gasteiger partial charge in [-0.3, -0.25) is 0 Å². The molecule has 1 aliphatic heterocycles. The SMILES string of the molecule is CC1C=C(C(=O)O)O1. The van der Waals surface area contributed by atoms with Gasteiger partial charge >= 0.3 is 5.97 Å². The first-order chi connectivity index (χ1) is 3.70. The van der Waals surface area contributed by atoms with Crippen LogP contribution < -0.4 is 0 Å². The van der Waals surface area contributed by atoms with E-state index >= 15 is 0 Å². The third-order valence-electron chi connectivity index (χ3n) is 0.910. The van der Waals surface area contributed by atoms with E-state index in [9.17, 15) is 4.79 Å². The Kier molecular flexibility index (Phi) is 0.970. The molecule has 1 aliphatic rings. The molecule has 3 nitrogen and oxygen atoms in total. The van der Waals surface area contributed by atoms with Crippen LogP contribution in [0.25, 0.3) is 0 Å². The van der Waals surface area contributed by atoms with Gasteiger partial charge in [0.15, 0.2) is 0 Å². The van der Waals surface area contributed by atoms with E-state index in [1.54, 1.807) is 13.0 Å². The smallest absolute Gasteiger partial charge is 0.370 e. The van der Waals surface area contributed by atoms with Gasteiger partial charge in [-0.2, -0.15) is 0 Å². The highest BCUT2D eigenvalue weighted by atomic mass is 16.5. The van der Waals surface area contributed by atoms with Crippen LogP contribution in [0.15, 0.2) is 11.8 Å². The maximum absolute atomic E-state index is 9.93. The van der Waals surface area contributed by atoms with Gasteiger partial charge in [0.1, 0.15) is 6.10 Å². The maximum atomic E-state index is 9.93. The predicted molar refractivity (Wildman–Crippen MR) is 26.3 cm³/mol. The van der Waals surface area contributed by atoms with Crippen LogP contribution in [0.2, 0.25) is 0 Å². The van der Waals surface area contributed by atoms with E-state index in [2.05, 4.69) is 4.74 Å². The summed E-state index contributed by atoms with van der Waals surface area (Å²) in [6.07, 6.45) is 1.54. The molecule has 1 heterocycles. The third kappa shape index (κ3) is 0.665. The Hall–Kier alpha value is -0.990. The summed E-state index contributed by atoms with van der Waals surface area (Å²) in [5.74, 6) is -0.916. The van der Waals surface area contributed by atoms with Gasteiger partial charge in [-0.05, 0) is 6.92 Å². The van der Waals surface area contributed by atoms with E-state index < -0.39 is 5.97 Å². The number of carbonyl (C=O) groups is 1. The van der Waals surface area contributed by atoms with Crippen LogP contribution in [-0.4, -0.2) is 17.2 Å².